The molecule has 2 heterocycles. The number of halogens is 1. The summed E-state index contributed by atoms with van der Waals surface area (Å²) in [7, 11) is 0. The van der Waals surface area contributed by atoms with Crippen LogP contribution in [0.25, 0.3) is 0 Å². The standard InChI is InChI=1S/C21H22ClN3O/c22-16-5-3-4-15(14-16)20(8-9-20)25-19-21(10-12-26-13-11-21)24-18-7-2-1-6-17(18)23-19/h1-7,14,24H,8-13H2,(H,23,25). The van der Waals surface area contributed by atoms with Gasteiger partial charge in [-0.3, -0.25) is 4.99 Å². The molecule has 4 nitrogen and oxygen atoms in total. The third kappa shape index (κ3) is 2.68. The van der Waals surface area contributed by atoms with E-state index in [1.54, 1.807) is 0 Å². The van der Waals surface area contributed by atoms with Crippen LogP contribution in [0.2, 0.25) is 5.02 Å². The summed E-state index contributed by atoms with van der Waals surface area (Å²) in [5, 5.41) is 8.19. The van der Waals surface area contributed by atoms with Crippen LogP contribution in [0.15, 0.2) is 53.5 Å². The number of anilines is 2. The largest absolute Gasteiger partial charge is 0.381 e. The summed E-state index contributed by atoms with van der Waals surface area (Å²) in [6.45, 7) is 1.50. The van der Waals surface area contributed by atoms with Crippen molar-refractivity contribution >= 4 is 28.8 Å². The zero-order chi connectivity index (χ0) is 17.6. The summed E-state index contributed by atoms with van der Waals surface area (Å²) >= 11 is 6.24. The van der Waals surface area contributed by atoms with Gasteiger partial charge in [0.2, 0.25) is 0 Å². The van der Waals surface area contributed by atoms with Crippen LogP contribution >= 0.6 is 11.6 Å². The summed E-state index contributed by atoms with van der Waals surface area (Å²) in [4.78, 5) is 5.30. The van der Waals surface area contributed by atoms with E-state index in [4.69, 9.17) is 21.3 Å². The highest BCUT2D eigenvalue weighted by atomic mass is 35.5. The van der Waals surface area contributed by atoms with E-state index in [1.165, 1.54) is 5.56 Å². The van der Waals surface area contributed by atoms with Gasteiger partial charge in [0.05, 0.1) is 22.5 Å². The molecule has 2 N–H and O–H groups in total. The number of rotatable bonds is 2. The minimum absolute atomic E-state index is 0.146. The lowest BCUT2D eigenvalue weighted by molar-refractivity contribution is 0.0777. The van der Waals surface area contributed by atoms with Crippen molar-refractivity contribution in [1.82, 2.24) is 0 Å². The van der Waals surface area contributed by atoms with Crippen molar-refractivity contribution in [3.63, 3.8) is 0 Å². The lowest BCUT2D eigenvalue weighted by Gasteiger charge is -2.44. The fraction of sp³-hybridized carbons (Fsp3) is 0.381. The Hall–Kier alpha value is -2.04. The van der Waals surface area contributed by atoms with Crippen LogP contribution in [-0.4, -0.2) is 24.6 Å². The Morgan fingerprint density at radius 2 is 1.69 bits per heavy atom. The van der Waals surface area contributed by atoms with Crippen molar-refractivity contribution in [2.24, 2.45) is 4.99 Å². The van der Waals surface area contributed by atoms with Gasteiger partial charge in [-0.1, -0.05) is 35.9 Å². The molecule has 2 fully saturated rings. The van der Waals surface area contributed by atoms with E-state index in [1.807, 2.05) is 12.1 Å². The van der Waals surface area contributed by atoms with Gasteiger partial charge in [0.15, 0.2) is 0 Å². The summed E-state index contributed by atoms with van der Waals surface area (Å²) in [6, 6.07) is 16.5. The Kier molecular flexibility index (Phi) is 3.73. The first-order valence-corrected chi connectivity index (χ1v) is 9.65. The minimum Gasteiger partial charge on any atom is -0.381 e. The highest BCUT2D eigenvalue weighted by molar-refractivity contribution is 6.30. The van der Waals surface area contributed by atoms with Gasteiger partial charge in [-0.25, -0.2) is 0 Å². The molecule has 134 valence electrons. The number of aliphatic imine (C=N–C) groups is 1. The van der Waals surface area contributed by atoms with Crippen LogP contribution in [0.4, 0.5) is 11.4 Å². The summed E-state index contributed by atoms with van der Waals surface area (Å²) in [6.07, 6.45) is 3.96. The molecule has 0 atom stereocenters. The molecule has 0 amide bonds. The van der Waals surface area contributed by atoms with Crippen molar-refractivity contribution in [1.29, 1.82) is 0 Å². The third-order valence-electron chi connectivity index (χ3n) is 5.77. The number of benzene rings is 2. The fourth-order valence-corrected chi connectivity index (χ4v) is 4.25. The van der Waals surface area contributed by atoms with Crippen LogP contribution < -0.4 is 10.6 Å². The molecule has 0 bridgehead atoms. The topological polar surface area (TPSA) is 45.7 Å². The number of nitrogens with zero attached hydrogens (tertiary/aromatic N) is 1. The van der Waals surface area contributed by atoms with Gasteiger partial charge in [-0.15, -0.1) is 0 Å². The summed E-state index contributed by atoms with van der Waals surface area (Å²) < 4.78 is 5.64. The molecule has 5 rings (SSSR count). The Morgan fingerprint density at radius 3 is 2.42 bits per heavy atom. The Labute approximate surface area is 158 Å². The predicted molar refractivity (Wildman–Crippen MR) is 106 cm³/mol. The van der Waals surface area contributed by atoms with E-state index in [0.29, 0.717) is 0 Å². The molecule has 1 saturated carbocycles. The van der Waals surface area contributed by atoms with Gasteiger partial charge >= 0.3 is 0 Å². The smallest absolute Gasteiger partial charge is 0.128 e. The number of ether oxygens (including phenoxy) is 1. The lowest BCUT2D eigenvalue weighted by Crippen LogP contribution is -2.56. The van der Waals surface area contributed by atoms with Crippen molar-refractivity contribution in [2.45, 2.75) is 36.8 Å². The maximum atomic E-state index is 6.24. The molecule has 26 heavy (non-hydrogen) atoms. The van der Waals surface area contributed by atoms with E-state index in [9.17, 15) is 0 Å². The van der Waals surface area contributed by atoms with Crippen LogP contribution in [0, 0.1) is 0 Å². The Balaban J connectivity index is 1.58. The SMILES string of the molecule is Clc1cccc(C2(N=C3Nc4ccccc4NC34CCOCC4)CC2)c1. The summed E-state index contributed by atoms with van der Waals surface area (Å²) in [5.41, 5.74) is 3.11. The highest BCUT2D eigenvalue weighted by Gasteiger charge is 2.49. The molecule has 1 aliphatic carbocycles. The first-order chi connectivity index (χ1) is 12.7. The van der Waals surface area contributed by atoms with Gasteiger partial charge in [-0.2, -0.15) is 0 Å². The number of hydrogen-bond acceptors (Lipinski definition) is 3. The quantitative estimate of drug-likeness (QED) is 0.800. The molecule has 3 aliphatic rings. The second-order valence-electron chi connectivity index (χ2n) is 7.49. The number of para-hydroxylation sites is 2. The fourth-order valence-electron chi connectivity index (χ4n) is 4.06. The van der Waals surface area contributed by atoms with Crippen molar-refractivity contribution in [3.05, 3.63) is 59.1 Å². The zero-order valence-electron chi connectivity index (χ0n) is 14.6. The average Bonchev–Trinajstić information content (AvgIpc) is 3.44. The highest BCUT2D eigenvalue weighted by Crippen LogP contribution is 2.51. The third-order valence-corrected chi connectivity index (χ3v) is 6.00. The lowest BCUT2D eigenvalue weighted by atomic mass is 9.85. The van der Waals surface area contributed by atoms with Gasteiger partial charge < -0.3 is 15.4 Å². The Bertz CT molecular complexity index is 869. The maximum absolute atomic E-state index is 6.24. The molecule has 2 aliphatic heterocycles. The monoisotopic (exact) mass is 367 g/mol. The molecule has 2 aromatic carbocycles. The van der Waals surface area contributed by atoms with Crippen LogP contribution in [0.5, 0.6) is 0 Å². The number of nitrogens with one attached hydrogen (secondary N) is 2. The van der Waals surface area contributed by atoms with E-state index in [2.05, 4.69) is 47.0 Å². The first-order valence-electron chi connectivity index (χ1n) is 9.28. The molecule has 1 spiro atoms. The van der Waals surface area contributed by atoms with E-state index in [-0.39, 0.29) is 11.1 Å². The zero-order valence-corrected chi connectivity index (χ0v) is 15.4. The number of amidine groups is 1. The molecular weight excluding hydrogens is 346 g/mol. The number of hydrogen-bond donors (Lipinski definition) is 2. The normalized spacial score (nSPS) is 23.8. The van der Waals surface area contributed by atoms with Crippen LogP contribution in [0.3, 0.4) is 0 Å². The Morgan fingerprint density at radius 1 is 0.923 bits per heavy atom. The summed E-state index contributed by atoms with van der Waals surface area (Å²) in [5.74, 6) is 1.04. The molecule has 0 radical (unpaired) electrons. The van der Waals surface area contributed by atoms with Crippen LogP contribution in [-0.2, 0) is 10.3 Å². The van der Waals surface area contributed by atoms with Crippen molar-refractivity contribution in [2.75, 3.05) is 23.8 Å². The van der Waals surface area contributed by atoms with Gasteiger partial charge in [0.1, 0.15) is 5.84 Å². The predicted octanol–water partition coefficient (Wildman–Crippen LogP) is 4.81. The molecule has 2 aromatic rings. The van der Waals surface area contributed by atoms with E-state index >= 15 is 0 Å². The van der Waals surface area contributed by atoms with Crippen molar-refractivity contribution in [3.8, 4) is 0 Å². The first kappa shape index (κ1) is 16.2. The molecule has 0 unspecified atom stereocenters. The van der Waals surface area contributed by atoms with Gasteiger partial charge in [0.25, 0.3) is 0 Å². The van der Waals surface area contributed by atoms with Crippen LogP contribution in [0.1, 0.15) is 31.2 Å². The molecule has 5 heteroatoms. The van der Waals surface area contributed by atoms with E-state index < -0.39 is 0 Å². The minimum atomic E-state index is -0.180. The molecular formula is C21H22ClN3O. The van der Waals surface area contributed by atoms with Gasteiger partial charge in [-0.05, 0) is 42.7 Å². The maximum Gasteiger partial charge on any atom is 0.128 e. The van der Waals surface area contributed by atoms with Gasteiger partial charge in [0, 0.05) is 31.1 Å². The molecule has 1 saturated heterocycles. The number of fused-ring (bicyclic) bond motifs is 1. The second kappa shape index (κ2) is 6.00. The van der Waals surface area contributed by atoms with E-state index in [0.717, 1.165) is 61.1 Å². The second-order valence-corrected chi connectivity index (χ2v) is 7.93. The van der Waals surface area contributed by atoms with Crippen molar-refractivity contribution < 1.29 is 4.74 Å². The average molecular weight is 368 g/mol. The molecule has 0 aromatic heterocycles.